The van der Waals surface area contributed by atoms with E-state index < -0.39 is 34.6 Å². The number of rotatable bonds is 4. The van der Waals surface area contributed by atoms with Crippen LogP contribution in [0.2, 0.25) is 5.02 Å². The average molecular weight is 361 g/mol. The van der Waals surface area contributed by atoms with Gasteiger partial charge in [-0.25, -0.2) is 13.6 Å². The molecule has 0 heterocycles. The maximum Gasteiger partial charge on any atom is 0.339 e. The zero-order chi connectivity index (χ0) is 17.1. The molecule has 2 aromatic rings. The van der Waals surface area contributed by atoms with E-state index in [1.54, 1.807) is 0 Å². The van der Waals surface area contributed by atoms with Gasteiger partial charge in [0.15, 0.2) is 11.6 Å². The Balaban J connectivity index is 2.69. The minimum Gasteiger partial charge on any atom is -0.755 e. The molecule has 0 saturated heterocycles. The summed E-state index contributed by atoms with van der Waals surface area (Å²) in [6.45, 7) is 0. The Morgan fingerprint density at radius 2 is 1.78 bits per heavy atom. The van der Waals surface area contributed by atoms with Crippen molar-refractivity contribution in [1.29, 1.82) is 0 Å². The lowest BCUT2D eigenvalue weighted by molar-refractivity contribution is 0.0601. The van der Waals surface area contributed by atoms with Gasteiger partial charge in [-0.1, -0.05) is 23.7 Å². The summed E-state index contributed by atoms with van der Waals surface area (Å²) in [6, 6.07) is 6.70. The van der Waals surface area contributed by atoms with E-state index in [0.717, 1.165) is 25.3 Å². The molecule has 2 aromatic carbocycles. The first-order chi connectivity index (χ1) is 10.9. The van der Waals surface area contributed by atoms with Crippen molar-refractivity contribution in [3.63, 3.8) is 0 Å². The molecule has 1 atom stereocenters. The van der Waals surface area contributed by atoms with Crippen molar-refractivity contribution in [2.45, 2.75) is 0 Å². The third-order valence-electron chi connectivity index (χ3n) is 2.89. The first kappa shape index (κ1) is 17.3. The minimum atomic E-state index is -3.09. The summed E-state index contributed by atoms with van der Waals surface area (Å²) < 4.78 is 55.7. The second-order valence-corrected chi connectivity index (χ2v) is 5.39. The molecule has 0 spiro atoms. The lowest BCUT2D eigenvalue weighted by Gasteiger charge is -2.28. The van der Waals surface area contributed by atoms with Crippen LogP contribution in [0.5, 0.6) is 0 Å². The van der Waals surface area contributed by atoms with Crippen LogP contribution in [0.1, 0.15) is 10.4 Å². The molecule has 0 N–H and O–H groups in total. The monoisotopic (exact) mass is 360 g/mol. The number of para-hydroxylation sites is 1. The highest BCUT2D eigenvalue weighted by Gasteiger charge is 2.24. The maximum absolute atomic E-state index is 13.9. The zero-order valence-corrected chi connectivity index (χ0v) is 13.2. The van der Waals surface area contributed by atoms with Crippen LogP contribution in [0.4, 0.5) is 20.2 Å². The van der Waals surface area contributed by atoms with Crippen LogP contribution in [0.25, 0.3) is 0 Å². The Morgan fingerprint density at radius 1 is 1.22 bits per heavy atom. The van der Waals surface area contributed by atoms with Crippen molar-refractivity contribution in [3.05, 3.63) is 58.6 Å². The van der Waals surface area contributed by atoms with E-state index in [1.165, 1.54) is 18.2 Å². The summed E-state index contributed by atoms with van der Waals surface area (Å²) in [4.78, 5) is 11.6. The number of halogens is 3. The van der Waals surface area contributed by atoms with Crippen LogP contribution >= 0.6 is 11.6 Å². The van der Waals surface area contributed by atoms with Gasteiger partial charge in [0.25, 0.3) is 0 Å². The molecule has 0 aliphatic rings. The molecule has 23 heavy (non-hydrogen) atoms. The predicted molar refractivity (Wildman–Crippen MR) is 80.2 cm³/mol. The Morgan fingerprint density at radius 3 is 2.30 bits per heavy atom. The van der Waals surface area contributed by atoms with Gasteiger partial charge in [0.05, 0.1) is 34.6 Å². The summed E-state index contributed by atoms with van der Waals surface area (Å²) in [7, 11) is 1.12. The Bertz CT molecular complexity index is 767. The van der Waals surface area contributed by atoms with Gasteiger partial charge in [0, 0.05) is 0 Å². The van der Waals surface area contributed by atoms with Gasteiger partial charge in [-0.05, 0) is 24.3 Å². The number of ether oxygens (including phenoxy) is 1. The molecule has 5 nitrogen and oxygen atoms in total. The molecule has 0 amide bonds. The summed E-state index contributed by atoms with van der Waals surface area (Å²) in [6.07, 6.45) is 0. The van der Waals surface area contributed by atoms with Crippen LogP contribution in [0.15, 0.2) is 36.4 Å². The van der Waals surface area contributed by atoms with Crippen molar-refractivity contribution in [2.75, 3.05) is 11.4 Å². The SMILES string of the molecule is COC(=O)c1cccc(N(c2c(F)cccc2F)S(=O)[O-])c1Cl. The number of nitrogens with zero attached hydrogens (tertiary/aromatic N) is 1. The lowest BCUT2D eigenvalue weighted by atomic mass is 10.2. The third-order valence-corrected chi connectivity index (χ3v) is 3.97. The van der Waals surface area contributed by atoms with E-state index in [1.807, 2.05) is 0 Å². The molecular formula is C14H9ClF2NO4S-. The molecule has 0 radical (unpaired) electrons. The lowest BCUT2D eigenvalue weighted by Crippen LogP contribution is -2.23. The van der Waals surface area contributed by atoms with Crippen molar-refractivity contribution in [1.82, 2.24) is 0 Å². The molecule has 122 valence electrons. The number of hydrogen-bond donors (Lipinski definition) is 0. The van der Waals surface area contributed by atoms with Crippen molar-refractivity contribution in [2.24, 2.45) is 0 Å². The molecular weight excluding hydrogens is 352 g/mol. The topological polar surface area (TPSA) is 69.7 Å². The molecule has 9 heteroatoms. The average Bonchev–Trinajstić information content (AvgIpc) is 2.51. The number of methoxy groups -OCH3 is 1. The van der Waals surface area contributed by atoms with Gasteiger partial charge in [-0.15, -0.1) is 0 Å². The number of benzene rings is 2. The van der Waals surface area contributed by atoms with Gasteiger partial charge >= 0.3 is 5.97 Å². The predicted octanol–water partition coefficient (Wildman–Crippen LogP) is 3.34. The number of hydrogen-bond acceptors (Lipinski definition) is 4. The van der Waals surface area contributed by atoms with E-state index in [4.69, 9.17) is 11.6 Å². The van der Waals surface area contributed by atoms with Crippen LogP contribution in [-0.2, 0) is 16.0 Å². The smallest absolute Gasteiger partial charge is 0.339 e. The van der Waals surface area contributed by atoms with Crippen molar-refractivity contribution < 1.29 is 27.1 Å². The quantitative estimate of drug-likeness (QED) is 0.619. The highest BCUT2D eigenvalue weighted by Crippen LogP contribution is 2.37. The van der Waals surface area contributed by atoms with Crippen LogP contribution < -0.4 is 4.31 Å². The fourth-order valence-electron chi connectivity index (χ4n) is 1.90. The van der Waals surface area contributed by atoms with Crippen LogP contribution in [0, 0.1) is 11.6 Å². The van der Waals surface area contributed by atoms with E-state index in [0.29, 0.717) is 4.31 Å². The Labute approximate surface area is 137 Å². The Kier molecular flexibility index (Phi) is 5.30. The molecule has 0 aromatic heterocycles. The molecule has 0 saturated carbocycles. The summed E-state index contributed by atoms with van der Waals surface area (Å²) in [5.74, 6) is -3.02. The van der Waals surface area contributed by atoms with E-state index in [9.17, 15) is 22.3 Å². The van der Waals surface area contributed by atoms with Crippen molar-refractivity contribution in [3.8, 4) is 0 Å². The number of esters is 1. The molecule has 0 fully saturated rings. The van der Waals surface area contributed by atoms with Gasteiger partial charge in [0.2, 0.25) is 0 Å². The second-order valence-electron chi connectivity index (χ2n) is 4.21. The standard InChI is InChI=1S/C14H10ClF2NO4S/c1-22-14(19)8-4-2-7-11(12(8)15)18(23(20)21)13-9(16)5-3-6-10(13)17/h2-7H,1H3,(H,20,21)/p-1. The van der Waals surface area contributed by atoms with Gasteiger partial charge in [0.1, 0.15) is 5.69 Å². The Hall–Kier alpha value is -2.03. The molecule has 0 bridgehead atoms. The first-order valence-electron chi connectivity index (χ1n) is 6.08. The van der Waals surface area contributed by atoms with Crippen LogP contribution in [0.3, 0.4) is 0 Å². The fraction of sp³-hybridized carbons (Fsp3) is 0.0714. The number of carbonyl (C=O) groups is 1. The highest BCUT2D eigenvalue weighted by molar-refractivity contribution is 7.81. The summed E-state index contributed by atoms with van der Waals surface area (Å²) in [5.41, 5.74) is -1.25. The highest BCUT2D eigenvalue weighted by atomic mass is 35.5. The van der Waals surface area contributed by atoms with E-state index in [-0.39, 0.29) is 16.3 Å². The number of carbonyl (C=O) groups excluding carboxylic acids is 1. The normalized spacial score (nSPS) is 11.9. The van der Waals surface area contributed by atoms with Crippen molar-refractivity contribution >= 4 is 40.2 Å². The molecule has 0 aliphatic carbocycles. The number of anilines is 2. The van der Waals surface area contributed by atoms with Crippen LogP contribution in [-0.4, -0.2) is 21.8 Å². The largest absolute Gasteiger partial charge is 0.755 e. The molecule has 1 unspecified atom stereocenters. The van der Waals surface area contributed by atoms with Gasteiger partial charge in [-0.3, -0.25) is 8.51 Å². The van der Waals surface area contributed by atoms with E-state index >= 15 is 0 Å². The molecule has 0 aliphatic heterocycles. The first-order valence-corrected chi connectivity index (χ1v) is 7.49. The zero-order valence-electron chi connectivity index (χ0n) is 11.6. The summed E-state index contributed by atoms with van der Waals surface area (Å²) >= 11 is 2.92. The fourth-order valence-corrected chi connectivity index (χ4v) is 2.88. The third kappa shape index (κ3) is 3.34. The van der Waals surface area contributed by atoms with Gasteiger partial charge in [-0.2, -0.15) is 0 Å². The summed E-state index contributed by atoms with van der Waals surface area (Å²) in [5, 5.41) is -0.314. The maximum atomic E-state index is 13.9. The van der Waals surface area contributed by atoms with Gasteiger partial charge < -0.3 is 9.29 Å². The van der Waals surface area contributed by atoms with E-state index in [2.05, 4.69) is 4.74 Å². The minimum absolute atomic E-state index is 0.140. The molecule has 2 rings (SSSR count). The second kappa shape index (κ2) is 7.03.